The summed E-state index contributed by atoms with van der Waals surface area (Å²) < 4.78 is 23.3. The summed E-state index contributed by atoms with van der Waals surface area (Å²) in [5, 5.41) is 10.3. The first-order valence-electron chi connectivity index (χ1n) is 7.34. The van der Waals surface area contributed by atoms with E-state index < -0.39 is 6.16 Å². The fourth-order valence-corrected chi connectivity index (χ4v) is 2.61. The zero-order valence-electron chi connectivity index (χ0n) is 12.7. The van der Waals surface area contributed by atoms with Crippen molar-refractivity contribution < 1.29 is 23.8 Å². The third kappa shape index (κ3) is 2.94. The summed E-state index contributed by atoms with van der Waals surface area (Å²) in [5.74, 6) is 0.735. The van der Waals surface area contributed by atoms with E-state index in [0.29, 0.717) is 11.5 Å². The maximum Gasteiger partial charge on any atom is 0.512 e. The Kier molecular flexibility index (Phi) is 3.46. The molecule has 0 aliphatic carbocycles. The van der Waals surface area contributed by atoms with Gasteiger partial charge in [-0.05, 0) is 42.5 Å². The van der Waals surface area contributed by atoms with Crippen LogP contribution in [0, 0.1) is 5.82 Å². The van der Waals surface area contributed by atoms with Gasteiger partial charge in [0, 0.05) is 22.4 Å². The minimum atomic E-state index is -1.42. The zero-order chi connectivity index (χ0) is 17.4. The molecular weight excluding hydrogens is 327 g/mol. The molecule has 0 saturated heterocycles. The van der Waals surface area contributed by atoms with Gasteiger partial charge in [-0.2, -0.15) is 0 Å². The Morgan fingerprint density at radius 3 is 2.48 bits per heavy atom. The number of nitrogens with zero attached hydrogens (tertiary/aromatic N) is 1. The lowest BCUT2D eigenvalue weighted by atomic mass is 10.2. The third-order valence-corrected chi connectivity index (χ3v) is 3.67. The molecule has 25 heavy (non-hydrogen) atoms. The first kappa shape index (κ1) is 14.9. The number of fused-ring (bicyclic) bond motifs is 3. The van der Waals surface area contributed by atoms with Gasteiger partial charge in [-0.3, -0.25) is 0 Å². The summed E-state index contributed by atoms with van der Waals surface area (Å²) in [6, 6.07) is 12.7. The molecular formula is C18H11FN2O4. The number of rotatable bonds is 3. The smallest absolute Gasteiger partial charge is 0.457 e. The zero-order valence-corrected chi connectivity index (χ0v) is 12.7. The molecule has 2 heterocycles. The molecule has 0 radical (unpaired) electrons. The molecule has 0 saturated carbocycles. The van der Waals surface area contributed by atoms with E-state index in [0.717, 1.165) is 21.8 Å². The SMILES string of the molecule is O=C(O)Oc1cc2c(cn1)[nH]c1ccc(Oc3ccc(F)cc3)cc12. The maximum absolute atomic E-state index is 13.0. The summed E-state index contributed by atoms with van der Waals surface area (Å²) in [7, 11) is 0. The first-order chi connectivity index (χ1) is 12.1. The maximum atomic E-state index is 13.0. The molecule has 4 aromatic rings. The van der Waals surface area contributed by atoms with E-state index in [9.17, 15) is 9.18 Å². The van der Waals surface area contributed by atoms with E-state index in [2.05, 4.69) is 14.7 Å². The van der Waals surface area contributed by atoms with Crippen LogP contribution in [0.15, 0.2) is 54.7 Å². The van der Waals surface area contributed by atoms with Crippen molar-refractivity contribution in [2.75, 3.05) is 0 Å². The number of nitrogens with one attached hydrogen (secondary N) is 1. The van der Waals surface area contributed by atoms with Crippen LogP contribution in [0.4, 0.5) is 9.18 Å². The molecule has 2 aromatic heterocycles. The number of pyridine rings is 1. The lowest BCUT2D eigenvalue weighted by Gasteiger charge is -2.05. The van der Waals surface area contributed by atoms with Crippen molar-refractivity contribution in [3.8, 4) is 17.4 Å². The Labute approximate surface area is 140 Å². The highest BCUT2D eigenvalue weighted by atomic mass is 19.1. The highest BCUT2D eigenvalue weighted by Crippen LogP contribution is 2.32. The average Bonchev–Trinajstić information content (AvgIpc) is 2.94. The van der Waals surface area contributed by atoms with E-state index >= 15 is 0 Å². The van der Waals surface area contributed by atoms with Crippen molar-refractivity contribution in [2.45, 2.75) is 0 Å². The number of H-pyrrole nitrogens is 1. The summed E-state index contributed by atoms with van der Waals surface area (Å²) >= 11 is 0. The molecule has 0 aliphatic rings. The molecule has 0 unspecified atom stereocenters. The van der Waals surface area contributed by atoms with Gasteiger partial charge in [0.25, 0.3) is 0 Å². The van der Waals surface area contributed by atoms with Gasteiger partial charge in [0.1, 0.15) is 17.3 Å². The number of aromatic nitrogens is 2. The summed E-state index contributed by atoms with van der Waals surface area (Å²) in [4.78, 5) is 17.8. The minimum Gasteiger partial charge on any atom is -0.457 e. The van der Waals surface area contributed by atoms with Gasteiger partial charge < -0.3 is 19.6 Å². The van der Waals surface area contributed by atoms with Gasteiger partial charge in [-0.15, -0.1) is 0 Å². The molecule has 6 nitrogen and oxygen atoms in total. The lowest BCUT2D eigenvalue weighted by Crippen LogP contribution is -2.03. The normalized spacial score (nSPS) is 10.9. The Balaban J connectivity index is 1.76. The number of halogens is 1. The second kappa shape index (κ2) is 5.79. The van der Waals surface area contributed by atoms with Crippen LogP contribution < -0.4 is 9.47 Å². The monoisotopic (exact) mass is 338 g/mol. The Bertz CT molecular complexity index is 1090. The van der Waals surface area contributed by atoms with Crippen molar-refractivity contribution in [1.82, 2.24) is 9.97 Å². The largest absolute Gasteiger partial charge is 0.512 e. The van der Waals surface area contributed by atoms with Crippen molar-refractivity contribution in [3.05, 3.63) is 60.5 Å². The molecule has 0 bridgehead atoms. The Morgan fingerprint density at radius 1 is 1.00 bits per heavy atom. The number of aromatic amines is 1. The van der Waals surface area contributed by atoms with Crippen LogP contribution in [0.25, 0.3) is 21.8 Å². The predicted molar refractivity (Wildman–Crippen MR) is 88.7 cm³/mol. The van der Waals surface area contributed by atoms with E-state index in [1.807, 2.05) is 12.1 Å². The van der Waals surface area contributed by atoms with Crippen molar-refractivity contribution in [3.63, 3.8) is 0 Å². The predicted octanol–water partition coefficient (Wildman–Crippen LogP) is 4.70. The van der Waals surface area contributed by atoms with Crippen LogP contribution in [0.5, 0.6) is 17.4 Å². The summed E-state index contributed by atoms with van der Waals surface area (Å²) in [6.07, 6.45) is 0.0840. The minimum absolute atomic E-state index is 0.00856. The Morgan fingerprint density at radius 2 is 1.72 bits per heavy atom. The average molecular weight is 338 g/mol. The van der Waals surface area contributed by atoms with Gasteiger partial charge >= 0.3 is 6.16 Å². The van der Waals surface area contributed by atoms with Gasteiger partial charge in [-0.1, -0.05) is 0 Å². The molecule has 4 rings (SSSR count). The number of hydrogen-bond donors (Lipinski definition) is 2. The van der Waals surface area contributed by atoms with Crippen molar-refractivity contribution in [1.29, 1.82) is 0 Å². The molecule has 124 valence electrons. The Hall–Kier alpha value is -3.61. The van der Waals surface area contributed by atoms with Crippen LogP contribution in [0.2, 0.25) is 0 Å². The van der Waals surface area contributed by atoms with E-state index in [-0.39, 0.29) is 11.7 Å². The van der Waals surface area contributed by atoms with Crippen LogP contribution in [-0.4, -0.2) is 21.2 Å². The fourth-order valence-electron chi connectivity index (χ4n) is 2.61. The number of ether oxygens (including phenoxy) is 2. The van der Waals surface area contributed by atoms with E-state index in [1.54, 1.807) is 12.1 Å². The van der Waals surface area contributed by atoms with Gasteiger partial charge in [0.15, 0.2) is 0 Å². The first-order valence-corrected chi connectivity index (χ1v) is 7.34. The lowest BCUT2D eigenvalue weighted by molar-refractivity contribution is 0.142. The van der Waals surface area contributed by atoms with Crippen LogP contribution in [0.3, 0.4) is 0 Å². The van der Waals surface area contributed by atoms with E-state index in [4.69, 9.17) is 9.84 Å². The molecule has 7 heteroatoms. The number of carbonyl (C=O) groups is 1. The van der Waals surface area contributed by atoms with Gasteiger partial charge in [0.05, 0.1) is 11.7 Å². The second-order valence-electron chi connectivity index (χ2n) is 5.32. The van der Waals surface area contributed by atoms with Crippen molar-refractivity contribution >= 4 is 28.0 Å². The number of carboxylic acid groups (broad SMARTS) is 1. The molecule has 0 spiro atoms. The topological polar surface area (TPSA) is 84.4 Å². The standard InChI is InChI=1S/C18H11FN2O4/c19-10-1-3-11(4-2-10)24-12-5-6-15-13(7-12)14-8-17(25-18(22)23)20-9-16(14)21-15/h1-9,21H,(H,22,23). The number of hydrogen-bond acceptors (Lipinski definition) is 4. The summed E-state index contributed by atoms with van der Waals surface area (Å²) in [6.45, 7) is 0. The molecule has 0 atom stereocenters. The van der Waals surface area contributed by atoms with Crippen LogP contribution in [0.1, 0.15) is 0 Å². The molecule has 2 N–H and O–H groups in total. The fraction of sp³-hybridized carbons (Fsp3) is 0. The molecule has 2 aromatic carbocycles. The van der Waals surface area contributed by atoms with E-state index in [1.165, 1.54) is 30.5 Å². The quantitative estimate of drug-likeness (QED) is 0.529. The highest BCUT2D eigenvalue weighted by molar-refractivity contribution is 6.07. The van der Waals surface area contributed by atoms with Gasteiger partial charge in [0.2, 0.25) is 5.88 Å². The third-order valence-electron chi connectivity index (χ3n) is 3.67. The summed E-state index contributed by atoms with van der Waals surface area (Å²) in [5.41, 5.74) is 1.59. The molecule has 0 fully saturated rings. The van der Waals surface area contributed by atoms with Crippen LogP contribution in [-0.2, 0) is 0 Å². The number of benzene rings is 2. The van der Waals surface area contributed by atoms with Crippen LogP contribution >= 0.6 is 0 Å². The second-order valence-corrected chi connectivity index (χ2v) is 5.32. The molecule has 0 amide bonds. The van der Waals surface area contributed by atoms with Crippen molar-refractivity contribution in [2.24, 2.45) is 0 Å². The highest BCUT2D eigenvalue weighted by Gasteiger charge is 2.10. The van der Waals surface area contributed by atoms with Gasteiger partial charge in [-0.25, -0.2) is 14.2 Å². The molecule has 0 aliphatic heterocycles.